The van der Waals surface area contributed by atoms with Gasteiger partial charge in [-0.2, -0.15) is 0 Å². The summed E-state index contributed by atoms with van der Waals surface area (Å²) in [5.74, 6) is 0. The summed E-state index contributed by atoms with van der Waals surface area (Å²) in [6.07, 6.45) is 5.42. The first-order valence-corrected chi connectivity index (χ1v) is 10.5. The first-order chi connectivity index (χ1) is 13.2. The van der Waals surface area contributed by atoms with E-state index in [0.717, 1.165) is 13.0 Å². The van der Waals surface area contributed by atoms with Gasteiger partial charge in [0.2, 0.25) is 0 Å². The quantitative estimate of drug-likeness (QED) is 0.523. The lowest BCUT2D eigenvalue weighted by molar-refractivity contribution is 0.131. The first kappa shape index (κ1) is 22.0. The van der Waals surface area contributed by atoms with E-state index in [0.29, 0.717) is 0 Å². The molecule has 1 nitrogen and oxygen atoms in total. The largest absolute Gasteiger partial charge is 0.341 e. The minimum Gasteiger partial charge on any atom is -0.341 e. The van der Waals surface area contributed by atoms with Crippen LogP contribution in [0, 0.1) is 10.8 Å². The van der Waals surface area contributed by atoms with E-state index < -0.39 is 0 Å². The van der Waals surface area contributed by atoms with Gasteiger partial charge in [0.05, 0.1) is 0 Å². The maximum atomic E-state index is 4.52. The van der Waals surface area contributed by atoms with Gasteiger partial charge in [-0.25, -0.2) is 0 Å². The highest BCUT2D eigenvalue weighted by Crippen LogP contribution is 2.44. The fourth-order valence-electron chi connectivity index (χ4n) is 3.30. The third-order valence-electron chi connectivity index (χ3n) is 6.11. The van der Waals surface area contributed by atoms with Crippen LogP contribution in [0.2, 0.25) is 0 Å². The zero-order valence-corrected chi connectivity index (χ0v) is 18.8. The predicted octanol–water partition coefficient (Wildman–Crippen LogP) is 8.18. The smallest absolute Gasteiger partial charge is 0.0484 e. The van der Waals surface area contributed by atoms with Crippen LogP contribution < -0.4 is 4.90 Å². The van der Waals surface area contributed by atoms with Crippen molar-refractivity contribution in [2.45, 2.75) is 61.4 Å². The molecule has 0 amide bonds. The van der Waals surface area contributed by atoms with Gasteiger partial charge in [0, 0.05) is 17.9 Å². The molecule has 0 saturated carbocycles. The summed E-state index contributed by atoms with van der Waals surface area (Å²) >= 11 is 0. The van der Waals surface area contributed by atoms with Crippen molar-refractivity contribution in [3.05, 3.63) is 77.5 Å². The Hall–Kier alpha value is -2.28. The fourth-order valence-corrected chi connectivity index (χ4v) is 3.30. The van der Waals surface area contributed by atoms with Crippen LogP contribution in [0.1, 0.15) is 71.6 Å². The number of hydrogen-bond donors (Lipinski definition) is 0. The highest BCUT2D eigenvalue weighted by molar-refractivity contribution is 5.80. The van der Waals surface area contributed by atoms with Crippen molar-refractivity contribution in [3.8, 4) is 0 Å². The van der Waals surface area contributed by atoms with Crippen LogP contribution in [0.4, 0.5) is 5.69 Å². The van der Waals surface area contributed by atoms with E-state index >= 15 is 0 Å². The summed E-state index contributed by atoms with van der Waals surface area (Å²) in [5.41, 5.74) is 6.68. The monoisotopic (exact) mass is 375 g/mol. The van der Waals surface area contributed by atoms with Crippen molar-refractivity contribution in [2.75, 3.05) is 4.90 Å². The number of anilines is 1. The molecule has 1 aliphatic rings. The fraction of sp³-hybridized carbons (Fsp3) is 0.407. The number of nitrogens with zero attached hydrogens (tertiary/aromatic N) is 1. The van der Waals surface area contributed by atoms with Crippen LogP contribution in [-0.2, 0) is 6.54 Å². The van der Waals surface area contributed by atoms with Crippen LogP contribution in [0.3, 0.4) is 0 Å². The Morgan fingerprint density at radius 3 is 2.04 bits per heavy atom. The number of benzene rings is 2. The van der Waals surface area contributed by atoms with E-state index in [1.807, 2.05) is 13.8 Å². The van der Waals surface area contributed by atoms with Gasteiger partial charge >= 0.3 is 0 Å². The van der Waals surface area contributed by atoms with Gasteiger partial charge in [0.15, 0.2) is 0 Å². The van der Waals surface area contributed by atoms with Gasteiger partial charge in [-0.05, 0) is 40.0 Å². The number of fused-ring (bicyclic) bond motifs is 2. The second-order valence-electron chi connectivity index (χ2n) is 9.05. The van der Waals surface area contributed by atoms with Gasteiger partial charge < -0.3 is 4.90 Å². The Kier molecular flexibility index (Phi) is 6.93. The molecule has 0 aromatic heterocycles. The maximum absolute atomic E-state index is 4.52. The Balaban J connectivity index is 0.00000136. The minimum absolute atomic E-state index is 0.163. The first-order valence-electron chi connectivity index (χ1n) is 10.5. The zero-order valence-electron chi connectivity index (χ0n) is 18.8. The van der Waals surface area contributed by atoms with Crippen LogP contribution in [-0.4, -0.2) is 0 Å². The van der Waals surface area contributed by atoms with Gasteiger partial charge in [-0.3, -0.25) is 0 Å². The highest BCUT2D eigenvalue weighted by Gasteiger charge is 2.34. The molecule has 0 bridgehead atoms. The number of hydrogen-bond acceptors (Lipinski definition) is 1. The summed E-state index contributed by atoms with van der Waals surface area (Å²) in [5, 5.41) is 0. The van der Waals surface area contributed by atoms with Crippen molar-refractivity contribution in [1.82, 2.24) is 0 Å². The topological polar surface area (TPSA) is 3.24 Å². The molecule has 0 fully saturated rings. The summed E-state index contributed by atoms with van der Waals surface area (Å²) < 4.78 is 0. The second-order valence-corrected chi connectivity index (χ2v) is 9.05. The average Bonchev–Trinajstić information content (AvgIpc) is 2.64. The van der Waals surface area contributed by atoms with Gasteiger partial charge in [-0.1, -0.05) is 110 Å². The molecule has 3 rings (SSSR count). The van der Waals surface area contributed by atoms with Gasteiger partial charge in [-0.15, -0.1) is 0 Å². The molecule has 1 aliphatic heterocycles. The van der Waals surface area contributed by atoms with Crippen LogP contribution >= 0.6 is 0 Å². The second kappa shape index (κ2) is 8.82. The number of allylic oxidation sites excluding steroid dienone is 1. The van der Waals surface area contributed by atoms with Crippen LogP contribution in [0.5, 0.6) is 0 Å². The molecule has 150 valence electrons. The van der Waals surface area contributed by atoms with Crippen molar-refractivity contribution in [3.63, 3.8) is 0 Å². The standard InChI is InChI=1S/C25H31N.C2H6/c1-19(17-25(5,6)24(2,3)4)26-18-22-13-8-7-11-20(22)15-16-21-12-9-10-14-23(21)26;1-2/h7-16H,1,17-18H2,2-6H3;1-2H3/b16-15-;. The maximum Gasteiger partial charge on any atom is 0.0484 e. The van der Waals surface area contributed by atoms with Crippen LogP contribution in [0.25, 0.3) is 12.2 Å². The lowest BCUT2D eigenvalue weighted by atomic mass is 9.67. The minimum atomic E-state index is 0.163. The van der Waals surface area contributed by atoms with Gasteiger partial charge in [0.25, 0.3) is 0 Å². The van der Waals surface area contributed by atoms with Crippen molar-refractivity contribution >= 4 is 17.8 Å². The van der Waals surface area contributed by atoms with E-state index in [1.54, 1.807) is 0 Å². The molecule has 0 atom stereocenters. The lowest BCUT2D eigenvalue weighted by Gasteiger charge is -2.42. The molecule has 0 spiro atoms. The molecule has 28 heavy (non-hydrogen) atoms. The molecule has 2 aromatic rings. The van der Waals surface area contributed by atoms with E-state index in [9.17, 15) is 0 Å². The average molecular weight is 376 g/mol. The molecule has 1 heteroatoms. The normalized spacial score (nSPS) is 14.6. The Morgan fingerprint density at radius 1 is 0.857 bits per heavy atom. The highest BCUT2D eigenvalue weighted by atomic mass is 15.1. The predicted molar refractivity (Wildman–Crippen MR) is 126 cm³/mol. The van der Waals surface area contributed by atoms with Crippen molar-refractivity contribution in [1.29, 1.82) is 0 Å². The number of rotatable bonds is 3. The summed E-state index contributed by atoms with van der Waals surface area (Å²) in [7, 11) is 0. The zero-order chi connectivity index (χ0) is 20.9. The molecule has 0 saturated heterocycles. The lowest BCUT2D eigenvalue weighted by Crippen LogP contribution is -2.34. The molecular formula is C27H37N. The van der Waals surface area contributed by atoms with Crippen molar-refractivity contribution < 1.29 is 0 Å². The van der Waals surface area contributed by atoms with E-state index in [4.69, 9.17) is 0 Å². The molecule has 1 heterocycles. The number of para-hydroxylation sites is 1. The molecule has 0 aliphatic carbocycles. The molecule has 0 radical (unpaired) electrons. The molecule has 0 unspecified atom stereocenters. The summed E-state index contributed by atoms with van der Waals surface area (Å²) in [6, 6.07) is 17.3. The Labute approximate surface area is 172 Å². The van der Waals surface area contributed by atoms with Crippen molar-refractivity contribution in [2.24, 2.45) is 10.8 Å². The van der Waals surface area contributed by atoms with E-state index in [-0.39, 0.29) is 10.8 Å². The van der Waals surface area contributed by atoms with Crippen LogP contribution in [0.15, 0.2) is 60.8 Å². The molecule has 2 aromatic carbocycles. The van der Waals surface area contributed by atoms with Gasteiger partial charge in [0.1, 0.15) is 0 Å². The van der Waals surface area contributed by atoms with E-state index in [1.165, 1.54) is 28.1 Å². The molecular weight excluding hydrogens is 338 g/mol. The summed E-state index contributed by atoms with van der Waals surface area (Å²) in [6.45, 7) is 21.0. The van der Waals surface area contributed by atoms with E-state index in [2.05, 4.69) is 107 Å². The Morgan fingerprint density at radius 2 is 1.39 bits per heavy atom. The summed E-state index contributed by atoms with van der Waals surface area (Å²) in [4.78, 5) is 2.41. The molecule has 0 N–H and O–H groups in total. The Bertz CT molecular complexity index is 833. The SMILES string of the molecule is C=C(CC(C)(C)C(C)(C)C)N1Cc2ccccc2/C=C\c2ccccc21.CC. The third kappa shape index (κ3) is 4.76. The third-order valence-corrected chi connectivity index (χ3v) is 6.11.